The van der Waals surface area contributed by atoms with Crippen LogP contribution >= 0.6 is 11.6 Å². The molecule has 0 aliphatic rings. The Balaban J connectivity index is 2.54. The topological polar surface area (TPSA) is 26.0 Å². The van der Waals surface area contributed by atoms with Gasteiger partial charge in [0.1, 0.15) is 13.3 Å². The van der Waals surface area contributed by atoms with E-state index in [4.69, 9.17) is 17.3 Å². The molecular formula is C14H12ClF2N. The van der Waals surface area contributed by atoms with Gasteiger partial charge in [-0.2, -0.15) is 0 Å². The minimum absolute atomic E-state index is 0.376. The first kappa shape index (κ1) is 12.8. The lowest BCUT2D eigenvalue weighted by Crippen LogP contribution is -1.93. The maximum Gasteiger partial charge on any atom is 0.116 e. The Morgan fingerprint density at radius 2 is 1.78 bits per heavy atom. The summed E-state index contributed by atoms with van der Waals surface area (Å²) in [4.78, 5) is 0. The number of benzene rings is 2. The lowest BCUT2D eigenvalue weighted by Gasteiger charge is -2.09. The van der Waals surface area contributed by atoms with Crippen LogP contribution in [0.1, 0.15) is 11.1 Å². The predicted octanol–water partition coefficient (Wildman–Crippen LogP) is 4.53. The van der Waals surface area contributed by atoms with Gasteiger partial charge in [-0.25, -0.2) is 8.78 Å². The standard InChI is InChI=1S/C14H12ClF2N/c15-13-3-2-10(6-11(13)8-17)12-5-9(7-16)1-4-14(12)18/h1-6H,7-8,18H2. The summed E-state index contributed by atoms with van der Waals surface area (Å²) < 4.78 is 25.4. The second-order valence-corrected chi connectivity index (χ2v) is 4.40. The molecule has 0 heterocycles. The van der Waals surface area contributed by atoms with E-state index in [1.54, 1.807) is 36.4 Å². The smallest absolute Gasteiger partial charge is 0.116 e. The van der Waals surface area contributed by atoms with Crippen LogP contribution in [0.25, 0.3) is 11.1 Å². The molecule has 0 spiro atoms. The molecule has 0 fully saturated rings. The zero-order chi connectivity index (χ0) is 13.1. The maximum absolute atomic E-state index is 12.8. The Labute approximate surface area is 109 Å². The van der Waals surface area contributed by atoms with Crippen LogP contribution < -0.4 is 5.73 Å². The molecule has 2 rings (SSSR count). The highest BCUT2D eigenvalue weighted by Gasteiger charge is 2.07. The van der Waals surface area contributed by atoms with Crippen LogP contribution in [0.4, 0.5) is 14.5 Å². The molecule has 0 unspecified atom stereocenters. The van der Waals surface area contributed by atoms with Crippen molar-refractivity contribution in [1.29, 1.82) is 0 Å². The molecular weight excluding hydrogens is 256 g/mol. The number of rotatable bonds is 3. The quantitative estimate of drug-likeness (QED) is 0.813. The average molecular weight is 268 g/mol. The molecule has 0 bridgehead atoms. The zero-order valence-corrected chi connectivity index (χ0v) is 10.3. The van der Waals surface area contributed by atoms with Crippen LogP contribution in [0.15, 0.2) is 36.4 Å². The largest absolute Gasteiger partial charge is 0.398 e. The molecule has 0 atom stereocenters. The van der Waals surface area contributed by atoms with E-state index in [1.165, 1.54) is 0 Å². The summed E-state index contributed by atoms with van der Waals surface area (Å²) in [6.07, 6.45) is 0. The van der Waals surface area contributed by atoms with Crippen molar-refractivity contribution >= 4 is 17.3 Å². The van der Waals surface area contributed by atoms with Crippen LogP contribution in [-0.4, -0.2) is 0 Å². The van der Waals surface area contributed by atoms with E-state index < -0.39 is 13.3 Å². The third-order valence-corrected chi connectivity index (χ3v) is 3.14. The van der Waals surface area contributed by atoms with E-state index in [1.807, 2.05) is 0 Å². The average Bonchev–Trinajstić information content (AvgIpc) is 2.40. The lowest BCUT2D eigenvalue weighted by molar-refractivity contribution is 0.485. The third kappa shape index (κ3) is 2.46. The van der Waals surface area contributed by atoms with E-state index in [2.05, 4.69) is 0 Å². The fourth-order valence-electron chi connectivity index (χ4n) is 1.78. The molecule has 94 valence electrons. The number of nitrogen functional groups attached to an aromatic ring is 1. The lowest BCUT2D eigenvalue weighted by atomic mass is 10.00. The van der Waals surface area contributed by atoms with Crippen molar-refractivity contribution in [1.82, 2.24) is 0 Å². The minimum atomic E-state index is -0.643. The molecule has 0 radical (unpaired) electrons. The van der Waals surface area contributed by atoms with Crippen LogP contribution in [0.2, 0.25) is 5.02 Å². The molecule has 2 N–H and O–H groups in total. The number of alkyl halides is 2. The summed E-state index contributed by atoms with van der Waals surface area (Å²) in [5, 5.41) is 0.376. The van der Waals surface area contributed by atoms with E-state index in [0.717, 1.165) is 5.56 Å². The van der Waals surface area contributed by atoms with Crippen LogP contribution in [-0.2, 0) is 13.3 Å². The van der Waals surface area contributed by atoms with Gasteiger partial charge in [-0.15, -0.1) is 0 Å². The number of halogens is 3. The first-order valence-corrected chi connectivity index (χ1v) is 5.82. The van der Waals surface area contributed by atoms with E-state index in [0.29, 0.717) is 27.4 Å². The summed E-state index contributed by atoms with van der Waals surface area (Å²) in [6.45, 7) is -1.20. The van der Waals surface area contributed by atoms with Crippen LogP contribution in [0, 0.1) is 0 Å². The fraction of sp³-hybridized carbons (Fsp3) is 0.143. The van der Waals surface area contributed by atoms with Gasteiger partial charge in [0.05, 0.1) is 0 Å². The van der Waals surface area contributed by atoms with Gasteiger partial charge in [-0.3, -0.25) is 0 Å². The van der Waals surface area contributed by atoms with Gasteiger partial charge < -0.3 is 5.73 Å². The van der Waals surface area contributed by atoms with Gasteiger partial charge >= 0.3 is 0 Å². The van der Waals surface area contributed by atoms with Crippen molar-refractivity contribution in [2.24, 2.45) is 0 Å². The summed E-state index contributed by atoms with van der Waals surface area (Å²) in [5.41, 5.74) is 8.75. The van der Waals surface area contributed by atoms with Gasteiger partial charge in [0, 0.05) is 21.8 Å². The Morgan fingerprint density at radius 3 is 2.44 bits per heavy atom. The Morgan fingerprint density at radius 1 is 1.00 bits per heavy atom. The predicted molar refractivity (Wildman–Crippen MR) is 70.9 cm³/mol. The van der Waals surface area contributed by atoms with Gasteiger partial charge in [0.15, 0.2) is 0 Å². The van der Waals surface area contributed by atoms with E-state index in [-0.39, 0.29) is 0 Å². The highest BCUT2D eigenvalue weighted by atomic mass is 35.5. The highest BCUT2D eigenvalue weighted by molar-refractivity contribution is 6.31. The molecule has 2 aromatic carbocycles. The molecule has 1 nitrogen and oxygen atoms in total. The fourth-order valence-corrected chi connectivity index (χ4v) is 1.95. The summed E-state index contributed by atoms with van der Waals surface area (Å²) in [6, 6.07) is 9.94. The number of anilines is 1. The monoisotopic (exact) mass is 267 g/mol. The summed E-state index contributed by atoms with van der Waals surface area (Å²) in [5.74, 6) is 0. The molecule has 0 aromatic heterocycles. The second-order valence-electron chi connectivity index (χ2n) is 4.00. The van der Waals surface area contributed by atoms with Crippen LogP contribution in [0.5, 0.6) is 0 Å². The first-order valence-electron chi connectivity index (χ1n) is 5.45. The third-order valence-electron chi connectivity index (χ3n) is 2.77. The van der Waals surface area contributed by atoms with Gasteiger partial charge in [0.25, 0.3) is 0 Å². The summed E-state index contributed by atoms with van der Waals surface area (Å²) in [7, 11) is 0. The molecule has 0 saturated carbocycles. The van der Waals surface area contributed by atoms with Crippen molar-refractivity contribution < 1.29 is 8.78 Å². The number of hydrogen-bond donors (Lipinski definition) is 1. The minimum Gasteiger partial charge on any atom is -0.398 e. The second kappa shape index (κ2) is 5.36. The SMILES string of the molecule is Nc1ccc(CF)cc1-c1ccc(Cl)c(CF)c1. The number of nitrogens with two attached hydrogens (primary N) is 1. The van der Waals surface area contributed by atoms with Gasteiger partial charge in [-0.05, 0) is 35.4 Å². The normalized spacial score (nSPS) is 10.6. The highest BCUT2D eigenvalue weighted by Crippen LogP contribution is 2.30. The van der Waals surface area contributed by atoms with Crippen molar-refractivity contribution in [3.05, 3.63) is 52.5 Å². The Hall–Kier alpha value is -1.61. The molecule has 0 saturated heterocycles. The van der Waals surface area contributed by atoms with E-state index >= 15 is 0 Å². The molecule has 4 heteroatoms. The molecule has 18 heavy (non-hydrogen) atoms. The maximum atomic E-state index is 12.8. The van der Waals surface area contributed by atoms with Crippen molar-refractivity contribution in [2.75, 3.05) is 5.73 Å². The Bertz CT molecular complexity index is 570. The van der Waals surface area contributed by atoms with Gasteiger partial charge in [-0.1, -0.05) is 23.7 Å². The van der Waals surface area contributed by atoms with Crippen molar-refractivity contribution in [3.63, 3.8) is 0 Å². The first-order chi connectivity index (χ1) is 8.65. The molecule has 0 aliphatic carbocycles. The molecule has 0 amide bonds. The molecule has 0 aliphatic heterocycles. The Kier molecular flexibility index (Phi) is 3.82. The van der Waals surface area contributed by atoms with Gasteiger partial charge in [0.2, 0.25) is 0 Å². The van der Waals surface area contributed by atoms with Crippen molar-refractivity contribution in [2.45, 2.75) is 13.3 Å². The number of hydrogen-bond acceptors (Lipinski definition) is 1. The molecule has 2 aromatic rings. The van der Waals surface area contributed by atoms with E-state index in [9.17, 15) is 8.78 Å². The van der Waals surface area contributed by atoms with Crippen molar-refractivity contribution in [3.8, 4) is 11.1 Å². The summed E-state index contributed by atoms with van der Waals surface area (Å²) >= 11 is 5.85. The zero-order valence-electron chi connectivity index (χ0n) is 9.59. The van der Waals surface area contributed by atoms with Crippen LogP contribution in [0.3, 0.4) is 0 Å².